The number of halogens is 6. The van der Waals surface area contributed by atoms with E-state index in [1.165, 1.54) is 11.6 Å². The van der Waals surface area contributed by atoms with Crippen molar-refractivity contribution in [2.75, 3.05) is 11.9 Å². The highest BCUT2D eigenvalue weighted by Crippen LogP contribution is 2.44. The van der Waals surface area contributed by atoms with Crippen LogP contribution in [0.2, 0.25) is 5.28 Å². The zero-order valence-electron chi connectivity index (χ0n) is 17.8. The van der Waals surface area contributed by atoms with Gasteiger partial charge < -0.3 is 20.2 Å². The molecule has 34 heavy (non-hydrogen) atoms. The van der Waals surface area contributed by atoms with Gasteiger partial charge in [0, 0.05) is 31.0 Å². The van der Waals surface area contributed by atoms with Crippen LogP contribution in [0.4, 0.5) is 33.6 Å². The highest BCUT2D eigenvalue weighted by atomic mass is 35.5. The number of nitro groups is 1. The van der Waals surface area contributed by atoms with E-state index in [0.717, 1.165) is 19.3 Å². The minimum atomic E-state index is -4.84. The standard InChI is InChI=1S/C19H20ClF5N6O3/c1-9-14(16(31(32)33)30(29-9)11-3-2-4-11)34-8-10-5-18(21,22)6-13(10)27-15-12(19(23,24)25)7-26-17(20)28-15/h7,10-11,13H,2-6,8H2,1H3,(H,26,27,28). The summed E-state index contributed by atoms with van der Waals surface area (Å²) < 4.78 is 75.4. The monoisotopic (exact) mass is 510 g/mol. The van der Waals surface area contributed by atoms with Crippen molar-refractivity contribution in [1.29, 1.82) is 0 Å². The maximum atomic E-state index is 14.2. The van der Waals surface area contributed by atoms with E-state index in [4.69, 9.17) is 16.3 Å². The maximum Gasteiger partial charge on any atom is 0.421 e. The van der Waals surface area contributed by atoms with E-state index in [2.05, 4.69) is 20.4 Å². The second-order valence-electron chi connectivity index (χ2n) is 8.51. The zero-order chi connectivity index (χ0) is 24.8. The fourth-order valence-corrected chi connectivity index (χ4v) is 4.36. The Morgan fingerprint density at radius 2 is 2.06 bits per heavy atom. The molecule has 2 saturated carbocycles. The van der Waals surface area contributed by atoms with Crippen molar-refractivity contribution in [3.8, 4) is 5.75 Å². The fraction of sp³-hybridized carbons (Fsp3) is 0.632. The van der Waals surface area contributed by atoms with Crippen molar-refractivity contribution in [2.24, 2.45) is 5.92 Å². The Bertz CT molecular complexity index is 1090. The van der Waals surface area contributed by atoms with Gasteiger partial charge in [-0.3, -0.25) is 0 Å². The average molecular weight is 511 g/mol. The van der Waals surface area contributed by atoms with Crippen LogP contribution in [0.15, 0.2) is 6.20 Å². The van der Waals surface area contributed by atoms with E-state index in [-0.39, 0.29) is 23.3 Å². The summed E-state index contributed by atoms with van der Waals surface area (Å²) >= 11 is 5.62. The molecule has 9 nitrogen and oxygen atoms in total. The highest BCUT2D eigenvalue weighted by Gasteiger charge is 2.48. The molecule has 2 atom stereocenters. The molecule has 2 fully saturated rings. The van der Waals surface area contributed by atoms with Crippen LogP contribution >= 0.6 is 11.6 Å². The van der Waals surface area contributed by atoms with E-state index < -0.39 is 65.1 Å². The lowest BCUT2D eigenvalue weighted by Gasteiger charge is -2.23. The Morgan fingerprint density at radius 3 is 2.65 bits per heavy atom. The first kappa shape index (κ1) is 24.4. The first-order valence-electron chi connectivity index (χ1n) is 10.5. The molecule has 0 bridgehead atoms. The normalized spacial score (nSPS) is 22.4. The number of hydrogen-bond donors (Lipinski definition) is 1. The molecule has 4 rings (SSSR count). The van der Waals surface area contributed by atoms with Crippen LogP contribution in [0.25, 0.3) is 0 Å². The van der Waals surface area contributed by atoms with Crippen molar-refractivity contribution >= 4 is 23.2 Å². The predicted molar refractivity (Wildman–Crippen MR) is 109 cm³/mol. The molecule has 0 spiro atoms. The van der Waals surface area contributed by atoms with Crippen LogP contribution in [0.5, 0.6) is 5.75 Å². The zero-order valence-corrected chi connectivity index (χ0v) is 18.5. The van der Waals surface area contributed by atoms with Crippen LogP contribution < -0.4 is 10.1 Å². The van der Waals surface area contributed by atoms with Crippen molar-refractivity contribution in [2.45, 2.75) is 63.2 Å². The first-order chi connectivity index (χ1) is 15.9. The third kappa shape index (κ3) is 4.86. The topological polar surface area (TPSA) is 108 Å². The van der Waals surface area contributed by atoms with Gasteiger partial charge in [0.1, 0.15) is 23.1 Å². The Kier molecular flexibility index (Phi) is 6.29. The van der Waals surface area contributed by atoms with Crippen molar-refractivity contribution in [3.05, 3.63) is 32.9 Å². The van der Waals surface area contributed by atoms with Gasteiger partial charge in [0.2, 0.25) is 11.0 Å². The van der Waals surface area contributed by atoms with Gasteiger partial charge in [0.05, 0.1) is 6.61 Å². The lowest BCUT2D eigenvalue weighted by atomic mass is 9.93. The third-order valence-corrected chi connectivity index (χ3v) is 6.26. The SMILES string of the molecule is Cc1nn(C2CCC2)c([N+](=O)[O-])c1OCC1CC(F)(F)CC1Nc1nc(Cl)ncc1C(F)(F)F. The van der Waals surface area contributed by atoms with Gasteiger partial charge in [-0.2, -0.15) is 13.2 Å². The molecule has 15 heteroatoms. The van der Waals surface area contributed by atoms with E-state index in [1.807, 2.05) is 0 Å². The third-order valence-electron chi connectivity index (χ3n) is 6.08. The van der Waals surface area contributed by atoms with Crippen LogP contribution in [0.3, 0.4) is 0 Å². The molecule has 186 valence electrons. The minimum Gasteiger partial charge on any atom is -0.484 e. The molecule has 2 aromatic rings. The highest BCUT2D eigenvalue weighted by molar-refractivity contribution is 6.28. The summed E-state index contributed by atoms with van der Waals surface area (Å²) in [5.74, 6) is -5.38. The minimum absolute atomic E-state index is 0.132. The summed E-state index contributed by atoms with van der Waals surface area (Å²) in [6.45, 7) is 1.11. The first-order valence-corrected chi connectivity index (χ1v) is 10.8. The molecule has 0 radical (unpaired) electrons. The van der Waals surface area contributed by atoms with Gasteiger partial charge in [-0.05, 0) is 42.7 Å². The summed E-state index contributed by atoms with van der Waals surface area (Å²) in [4.78, 5) is 17.9. The molecule has 2 unspecified atom stereocenters. The second kappa shape index (κ2) is 8.78. The van der Waals surface area contributed by atoms with Gasteiger partial charge in [-0.15, -0.1) is 4.68 Å². The van der Waals surface area contributed by atoms with Crippen LogP contribution in [0.1, 0.15) is 49.4 Å². The number of nitrogens with one attached hydrogen (secondary N) is 1. The number of rotatable bonds is 7. The Hall–Kier alpha value is -2.77. The summed E-state index contributed by atoms with van der Waals surface area (Å²) in [5.41, 5.74) is -1.02. The molecule has 1 N–H and O–H groups in total. The summed E-state index contributed by atoms with van der Waals surface area (Å²) in [5, 5.41) is 17.8. The summed E-state index contributed by atoms with van der Waals surface area (Å²) in [7, 11) is 0. The number of aryl methyl sites for hydroxylation is 1. The number of anilines is 1. The number of alkyl halides is 5. The molecule has 0 saturated heterocycles. The van der Waals surface area contributed by atoms with E-state index in [1.54, 1.807) is 0 Å². The predicted octanol–water partition coefficient (Wildman–Crippen LogP) is 5.19. The van der Waals surface area contributed by atoms with Gasteiger partial charge in [-0.25, -0.2) is 18.7 Å². The molecule has 0 amide bonds. The van der Waals surface area contributed by atoms with Crippen molar-refractivity contribution in [1.82, 2.24) is 19.7 Å². The molecule has 2 aromatic heterocycles. The Labute approximate surface area is 194 Å². The van der Waals surface area contributed by atoms with Gasteiger partial charge in [0.15, 0.2) is 0 Å². The van der Waals surface area contributed by atoms with Crippen molar-refractivity contribution in [3.63, 3.8) is 0 Å². The molecular weight excluding hydrogens is 491 g/mol. The quantitative estimate of drug-likeness (QED) is 0.236. The number of nitrogens with zero attached hydrogens (tertiary/aromatic N) is 5. The van der Waals surface area contributed by atoms with Gasteiger partial charge in [0.25, 0.3) is 5.92 Å². The van der Waals surface area contributed by atoms with Gasteiger partial charge in [-0.1, -0.05) is 5.10 Å². The number of hydrogen-bond acceptors (Lipinski definition) is 7. The second-order valence-corrected chi connectivity index (χ2v) is 8.85. The van der Waals surface area contributed by atoms with E-state index in [9.17, 15) is 32.1 Å². The van der Waals surface area contributed by atoms with Crippen LogP contribution in [-0.2, 0) is 6.18 Å². The Balaban J connectivity index is 1.56. The largest absolute Gasteiger partial charge is 0.484 e. The molecule has 2 aliphatic carbocycles. The Morgan fingerprint density at radius 1 is 1.35 bits per heavy atom. The average Bonchev–Trinajstić information content (AvgIpc) is 3.12. The van der Waals surface area contributed by atoms with Crippen LogP contribution in [0, 0.1) is 23.0 Å². The smallest absolute Gasteiger partial charge is 0.421 e. The molecule has 0 aliphatic heterocycles. The fourth-order valence-electron chi connectivity index (χ4n) is 4.23. The summed E-state index contributed by atoms with van der Waals surface area (Å²) in [6, 6.07) is -1.30. The summed E-state index contributed by atoms with van der Waals surface area (Å²) in [6.07, 6.45) is -3.46. The molecular formula is C19H20ClF5N6O3. The van der Waals surface area contributed by atoms with Crippen molar-refractivity contribution < 1.29 is 31.6 Å². The molecule has 2 aliphatic rings. The number of ether oxygens (including phenoxy) is 1. The van der Waals surface area contributed by atoms with E-state index >= 15 is 0 Å². The molecule has 2 heterocycles. The van der Waals surface area contributed by atoms with Gasteiger partial charge >= 0.3 is 12.0 Å². The maximum absolute atomic E-state index is 14.2. The lowest BCUT2D eigenvalue weighted by molar-refractivity contribution is -0.394. The lowest BCUT2D eigenvalue weighted by Crippen LogP contribution is -2.30. The number of aromatic nitrogens is 4. The molecule has 0 aromatic carbocycles. The van der Waals surface area contributed by atoms with Crippen LogP contribution in [-0.4, -0.2) is 43.2 Å². The van der Waals surface area contributed by atoms with E-state index in [0.29, 0.717) is 6.20 Å².